The molecule has 0 radical (unpaired) electrons. The fourth-order valence-electron chi connectivity index (χ4n) is 1.89. The summed E-state index contributed by atoms with van der Waals surface area (Å²) in [4.78, 5) is 0. The summed E-state index contributed by atoms with van der Waals surface area (Å²) in [6.07, 6.45) is 0. The zero-order chi connectivity index (χ0) is 20.5. The standard InChI is InChI=1S/2C10H12Br2O2/c2*11-5-7-13-9-1-2-10(4-3-9)14-8-6-12/h2*1-4H,5-8H2. The summed E-state index contributed by atoms with van der Waals surface area (Å²) < 4.78 is 21.6. The van der Waals surface area contributed by atoms with Crippen molar-refractivity contribution >= 4 is 63.7 Å². The molecule has 4 nitrogen and oxygen atoms in total. The maximum Gasteiger partial charge on any atom is 0.119 e. The van der Waals surface area contributed by atoms with Crippen LogP contribution in [0.1, 0.15) is 0 Å². The second kappa shape index (κ2) is 17.4. The molecule has 0 aliphatic heterocycles. The van der Waals surface area contributed by atoms with Gasteiger partial charge in [0.2, 0.25) is 0 Å². The first kappa shape index (κ1) is 25.6. The van der Waals surface area contributed by atoms with E-state index in [4.69, 9.17) is 18.9 Å². The molecule has 2 aromatic rings. The maximum absolute atomic E-state index is 5.40. The molecule has 8 heteroatoms. The van der Waals surface area contributed by atoms with Crippen molar-refractivity contribution in [3.05, 3.63) is 48.5 Å². The van der Waals surface area contributed by atoms with Gasteiger partial charge in [-0.05, 0) is 48.5 Å². The molecule has 2 rings (SSSR count). The third-order valence-electron chi connectivity index (χ3n) is 3.03. The van der Waals surface area contributed by atoms with E-state index in [-0.39, 0.29) is 0 Å². The molecule has 2 aromatic carbocycles. The Morgan fingerprint density at radius 1 is 0.393 bits per heavy atom. The monoisotopic (exact) mass is 644 g/mol. The normalized spacial score (nSPS) is 9.86. The molecule has 0 fully saturated rings. The van der Waals surface area contributed by atoms with Crippen molar-refractivity contribution in [2.75, 3.05) is 47.7 Å². The van der Waals surface area contributed by atoms with Crippen LogP contribution in [0.4, 0.5) is 0 Å². The molecular weight excluding hydrogens is 624 g/mol. The zero-order valence-corrected chi connectivity index (χ0v) is 21.8. The molecular formula is C20H24Br4O4. The van der Waals surface area contributed by atoms with Crippen LogP contribution in [-0.2, 0) is 0 Å². The summed E-state index contributed by atoms with van der Waals surface area (Å²) in [6.45, 7) is 2.73. The van der Waals surface area contributed by atoms with Gasteiger partial charge in [0.1, 0.15) is 23.0 Å². The Morgan fingerprint density at radius 3 is 0.714 bits per heavy atom. The van der Waals surface area contributed by atoms with E-state index in [0.29, 0.717) is 26.4 Å². The summed E-state index contributed by atoms with van der Waals surface area (Å²) in [5.41, 5.74) is 0. The lowest BCUT2D eigenvalue weighted by Crippen LogP contribution is -1.99. The Hall–Kier alpha value is -0.440. The highest BCUT2D eigenvalue weighted by molar-refractivity contribution is 9.09. The SMILES string of the molecule is BrCCOc1ccc(OCCBr)cc1.BrCCOc1ccc(OCCBr)cc1. The Balaban J connectivity index is 0.000000280. The molecule has 0 aromatic heterocycles. The fraction of sp³-hybridized carbons (Fsp3) is 0.400. The highest BCUT2D eigenvalue weighted by atomic mass is 79.9. The Morgan fingerprint density at radius 2 is 0.571 bits per heavy atom. The minimum atomic E-state index is 0.682. The molecule has 0 amide bonds. The van der Waals surface area contributed by atoms with Crippen molar-refractivity contribution in [3.8, 4) is 23.0 Å². The van der Waals surface area contributed by atoms with Gasteiger partial charge in [-0.25, -0.2) is 0 Å². The van der Waals surface area contributed by atoms with Crippen LogP contribution in [-0.4, -0.2) is 47.7 Å². The van der Waals surface area contributed by atoms with Crippen molar-refractivity contribution in [3.63, 3.8) is 0 Å². The van der Waals surface area contributed by atoms with Gasteiger partial charge in [0, 0.05) is 21.3 Å². The van der Waals surface area contributed by atoms with Gasteiger partial charge in [0.05, 0.1) is 26.4 Å². The van der Waals surface area contributed by atoms with Gasteiger partial charge in [0.15, 0.2) is 0 Å². The molecule has 0 heterocycles. The minimum Gasteiger partial charge on any atom is -0.493 e. The van der Waals surface area contributed by atoms with Crippen LogP contribution in [0.15, 0.2) is 48.5 Å². The number of hydrogen-bond acceptors (Lipinski definition) is 4. The van der Waals surface area contributed by atoms with Crippen LogP contribution in [0.25, 0.3) is 0 Å². The van der Waals surface area contributed by atoms with E-state index < -0.39 is 0 Å². The predicted octanol–water partition coefficient (Wildman–Crippen LogP) is 6.47. The highest BCUT2D eigenvalue weighted by Crippen LogP contribution is 2.18. The molecule has 0 bridgehead atoms. The van der Waals surface area contributed by atoms with Crippen LogP contribution in [0, 0.1) is 0 Å². The molecule has 0 spiro atoms. The van der Waals surface area contributed by atoms with E-state index in [1.54, 1.807) is 0 Å². The smallest absolute Gasteiger partial charge is 0.119 e. The first-order valence-electron chi connectivity index (χ1n) is 8.68. The van der Waals surface area contributed by atoms with Crippen LogP contribution in [0.5, 0.6) is 23.0 Å². The first-order chi connectivity index (χ1) is 13.7. The zero-order valence-electron chi connectivity index (χ0n) is 15.4. The molecule has 0 saturated heterocycles. The number of alkyl halides is 4. The van der Waals surface area contributed by atoms with Crippen molar-refractivity contribution in [2.24, 2.45) is 0 Å². The molecule has 0 unspecified atom stereocenters. The molecule has 0 N–H and O–H groups in total. The predicted molar refractivity (Wildman–Crippen MR) is 130 cm³/mol. The molecule has 0 saturated carbocycles. The lowest BCUT2D eigenvalue weighted by atomic mass is 10.3. The average molecular weight is 648 g/mol. The molecule has 28 heavy (non-hydrogen) atoms. The summed E-state index contributed by atoms with van der Waals surface area (Å²) in [5.74, 6) is 3.48. The Kier molecular flexibility index (Phi) is 15.9. The second-order valence-corrected chi connectivity index (χ2v) is 8.26. The third kappa shape index (κ3) is 12.2. The quantitative estimate of drug-likeness (QED) is 0.248. The fourth-order valence-corrected chi connectivity index (χ4v) is 2.54. The van der Waals surface area contributed by atoms with E-state index in [1.165, 1.54) is 0 Å². The van der Waals surface area contributed by atoms with Crippen molar-refractivity contribution < 1.29 is 18.9 Å². The van der Waals surface area contributed by atoms with E-state index in [1.807, 2.05) is 48.5 Å². The van der Waals surface area contributed by atoms with Gasteiger partial charge >= 0.3 is 0 Å². The topological polar surface area (TPSA) is 36.9 Å². The Labute approximate surface area is 200 Å². The van der Waals surface area contributed by atoms with E-state index in [2.05, 4.69) is 63.7 Å². The van der Waals surface area contributed by atoms with E-state index in [0.717, 1.165) is 44.3 Å². The minimum absolute atomic E-state index is 0.682. The summed E-state index contributed by atoms with van der Waals surface area (Å²) in [7, 11) is 0. The summed E-state index contributed by atoms with van der Waals surface area (Å²) >= 11 is 13.2. The van der Waals surface area contributed by atoms with Gasteiger partial charge in [-0.2, -0.15) is 0 Å². The Bertz CT molecular complexity index is 499. The molecule has 156 valence electrons. The number of halogens is 4. The molecule has 0 atom stereocenters. The van der Waals surface area contributed by atoms with Gasteiger partial charge in [-0.3, -0.25) is 0 Å². The van der Waals surface area contributed by atoms with Gasteiger partial charge in [0.25, 0.3) is 0 Å². The van der Waals surface area contributed by atoms with Gasteiger partial charge in [-0.1, -0.05) is 63.7 Å². The van der Waals surface area contributed by atoms with Crippen LogP contribution in [0.3, 0.4) is 0 Å². The van der Waals surface area contributed by atoms with E-state index >= 15 is 0 Å². The molecule has 0 aliphatic carbocycles. The number of rotatable bonds is 12. The van der Waals surface area contributed by atoms with Crippen LogP contribution >= 0.6 is 63.7 Å². The maximum atomic E-state index is 5.40. The third-order valence-corrected chi connectivity index (χ3v) is 4.33. The van der Waals surface area contributed by atoms with Crippen LogP contribution < -0.4 is 18.9 Å². The van der Waals surface area contributed by atoms with E-state index in [9.17, 15) is 0 Å². The van der Waals surface area contributed by atoms with Gasteiger partial charge in [-0.15, -0.1) is 0 Å². The number of hydrogen-bond donors (Lipinski definition) is 0. The molecule has 0 aliphatic rings. The largest absolute Gasteiger partial charge is 0.493 e. The van der Waals surface area contributed by atoms with Crippen LogP contribution in [0.2, 0.25) is 0 Å². The van der Waals surface area contributed by atoms with Crippen molar-refractivity contribution in [2.45, 2.75) is 0 Å². The summed E-state index contributed by atoms with van der Waals surface area (Å²) in [6, 6.07) is 15.3. The van der Waals surface area contributed by atoms with Crippen molar-refractivity contribution in [1.29, 1.82) is 0 Å². The lowest BCUT2D eigenvalue weighted by Gasteiger charge is -2.06. The number of benzene rings is 2. The first-order valence-corrected chi connectivity index (χ1v) is 13.2. The summed E-state index contributed by atoms with van der Waals surface area (Å²) in [5, 5.41) is 3.37. The number of ether oxygens (including phenoxy) is 4. The average Bonchev–Trinajstić information content (AvgIpc) is 2.75. The highest BCUT2D eigenvalue weighted by Gasteiger charge is 1.96. The second-order valence-electron chi connectivity index (χ2n) is 5.09. The van der Waals surface area contributed by atoms with Crippen molar-refractivity contribution in [1.82, 2.24) is 0 Å². The lowest BCUT2D eigenvalue weighted by molar-refractivity contribution is 0.335. The van der Waals surface area contributed by atoms with Gasteiger partial charge < -0.3 is 18.9 Å².